The van der Waals surface area contributed by atoms with Crippen molar-refractivity contribution in [2.24, 2.45) is 20.5 Å². The van der Waals surface area contributed by atoms with Crippen LogP contribution in [0.1, 0.15) is 34.6 Å². The van der Waals surface area contributed by atoms with Crippen molar-refractivity contribution in [3.63, 3.8) is 0 Å². The number of anilines is 2. The van der Waals surface area contributed by atoms with Crippen LogP contribution in [-0.2, 0) is 64.9 Å². The predicted octanol–water partition coefficient (Wildman–Crippen LogP) is 9.11. The van der Waals surface area contributed by atoms with Crippen LogP contribution in [0.15, 0.2) is 154 Å². The molecule has 7 rings (SSSR count). The van der Waals surface area contributed by atoms with Gasteiger partial charge in [-0.15, -0.1) is 0 Å². The molecule has 4 N–H and O–H groups in total. The number of benzene rings is 7. The molecular formula is C44H32Hg2N6O8. The Labute approximate surface area is 368 Å². The minimum absolute atomic E-state index is 0.0231. The Morgan fingerprint density at radius 2 is 0.867 bits per heavy atom. The summed E-state index contributed by atoms with van der Waals surface area (Å²) in [7, 11) is 0. The van der Waals surface area contributed by atoms with Gasteiger partial charge in [0.15, 0.2) is 0 Å². The van der Waals surface area contributed by atoms with Gasteiger partial charge in [0, 0.05) is 0 Å². The van der Waals surface area contributed by atoms with Gasteiger partial charge in [0.2, 0.25) is 0 Å². The topological polar surface area (TPSA) is 201 Å². The second-order valence-electron chi connectivity index (χ2n) is 13.5. The third-order valence-electron chi connectivity index (χ3n) is 9.17. The van der Waals surface area contributed by atoms with Crippen LogP contribution in [0.2, 0.25) is 0 Å². The van der Waals surface area contributed by atoms with Gasteiger partial charge in [0.05, 0.1) is 0 Å². The maximum atomic E-state index is 13.6. The van der Waals surface area contributed by atoms with Gasteiger partial charge in [0.1, 0.15) is 0 Å². The number of hydrogen-bond acceptors (Lipinski definition) is 12. The molecule has 0 aromatic heterocycles. The first-order valence-corrected chi connectivity index (χ1v) is 28.5. The number of nitrogens with zero attached hydrogens (tertiary/aromatic N) is 4. The number of phenolic OH excluding ortho intramolecular Hbond substituents is 2. The van der Waals surface area contributed by atoms with E-state index in [1.54, 1.807) is 97.1 Å². The molecule has 0 saturated heterocycles. The number of amides is 2. The molecule has 0 atom stereocenters. The molecule has 0 bridgehead atoms. The molecular weight excluding hydrogens is 1140 g/mol. The summed E-state index contributed by atoms with van der Waals surface area (Å²) in [4.78, 5) is 49.5. The van der Waals surface area contributed by atoms with E-state index in [1.165, 1.54) is 13.8 Å². The summed E-state index contributed by atoms with van der Waals surface area (Å²) in [5.74, 6) is -2.48. The van der Waals surface area contributed by atoms with E-state index >= 15 is 0 Å². The molecule has 0 saturated carbocycles. The first-order valence-electron chi connectivity index (χ1n) is 18.5. The number of rotatable bonds is 12. The molecule has 0 aliphatic rings. The second kappa shape index (κ2) is 19.1. The molecule has 290 valence electrons. The van der Waals surface area contributed by atoms with Gasteiger partial charge in [-0.05, 0) is 24.3 Å². The molecule has 14 nitrogen and oxygen atoms in total. The zero-order valence-electron chi connectivity index (χ0n) is 32.2. The third kappa shape index (κ3) is 10.2. The summed E-state index contributed by atoms with van der Waals surface area (Å²) in [6.07, 6.45) is 0. The van der Waals surface area contributed by atoms with Crippen LogP contribution in [0, 0.1) is 0 Å². The molecule has 7 aromatic carbocycles. The van der Waals surface area contributed by atoms with Crippen LogP contribution < -0.4 is 16.8 Å². The number of hydrogen-bond donors (Lipinski definition) is 4. The first kappa shape index (κ1) is 41.8. The molecule has 0 radical (unpaired) electrons. The van der Waals surface area contributed by atoms with Crippen molar-refractivity contribution in [2.75, 3.05) is 10.6 Å². The van der Waals surface area contributed by atoms with Gasteiger partial charge < -0.3 is 0 Å². The van der Waals surface area contributed by atoms with Crippen molar-refractivity contribution in [1.82, 2.24) is 0 Å². The Morgan fingerprint density at radius 3 is 1.23 bits per heavy atom. The van der Waals surface area contributed by atoms with Gasteiger partial charge in [-0.1, -0.05) is 0 Å². The average molecular weight is 1170 g/mol. The SMILES string of the molecule is CC(=O)[O][Hg][c]1ccc(N=Nc2c(O)c(C(=O)Nc3ccc(NC(=O)c4cc5ccccc5c(N=Nc5cc[c]([Hg][O]C(C)=O)cc5)c4O)cc3)cc3ccccc23)cc1. The van der Waals surface area contributed by atoms with Crippen molar-refractivity contribution in [1.29, 1.82) is 0 Å². The van der Waals surface area contributed by atoms with Crippen LogP contribution in [0.25, 0.3) is 21.5 Å². The number of phenols is 2. The van der Waals surface area contributed by atoms with Gasteiger partial charge >= 0.3 is 347 Å². The van der Waals surface area contributed by atoms with E-state index in [9.17, 15) is 29.4 Å². The molecule has 0 spiro atoms. The second-order valence-corrected chi connectivity index (χ2v) is 24.3. The number of azo groups is 2. The molecule has 16 heteroatoms. The fourth-order valence-electron chi connectivity index (χ4n) is 6.12. The number of nitrogens with one attached hydrogen (secondary N) is 2. The van der Waals surface area contributed by atoms with E-state index in [1.807, 2.05) is 36.4 Å². The number of carbonyl (C=O) groups excluding carboxylic acids is 4. The zero-order valence-corrected chi connectivity index (χ0v) is 43.2. The van der Waals surface area contributed by atoms with E-state index in [2.05, 4.69) is 31.1 Å². The summed E-state index contributed by atoms with van der Waals surface area (Å²) in [5, 5.41) is 48.0. The van der Waals surface area contributed by atoms with Crippen molar-refractivity contribution in [3.05, 3.63) is 145 Å². The minimum atomic E-state index is -2.00. The van der Waals surface area contributed by atoms with E-state index in [-0.39, 0.29) is 45.9 Å². The zero-order chi connectivity index (χ0) is 42.2. The summed E-state index contributed by atoms with van der Waals surface area (Å²) < 4.78 is 12.5. The Hall–Kier alpha value is -6.39. The Morgan fingerprint density at radius 1 is 0.500 bits per heavy atom. The van der Waals surface area contributed by atoms with Crippen LogP contribution in [0.4, 0.5) is 34.1 Å². The van der Waals surface area contributed by atoms with Crippen LogP contribution >= 0.6 is 0 Å². The summed E-state index contributed by atoms with van der Waals surface area (Å²) in [5.41, 5.74) is 1.99. The maximum absolute atomic E-state index is 13.6. The molecule has 0 aliphatic carbocycles. The third-order valence-corrected chi connectivity index (χ3v) is 19.7. The van der Waals surface area contributed by atoms with Gasteiger partial charge in [-0.2, -0.15) is 0 Å². The molecule has 60 heavy (non-hydrogen) atoms. The normalized spacial score (nSPS) is 11.0. The van der Waals surface area contributed by atoms with Crippen LogP contribution in [0.5, 0.6) is 11.5 Å². The summed E-state index contributed by atoms with van der Waals surface area (Å²) in [6, 6.07) is 38.2. The predicted molar refractivity (Wildman–Crippen MR) is 218 cm³/mol. The van der Waals surface area contributed by atoms with E-state index < -0.39 is 61.9 Å². The standard InChI is InChI=1S/C40H26N6O4.2C2H4O2.2Hg/c47-37-33(23-25-11-7-9-17-31(25)35(37)45-43-29-13-3-1-4-14-29)39(49)41-27-19-21-28(22-20-27)42-40(50)34-24-26-12-8-10-18-32(26)36(38(34)48)46-44-30-15-5-2-6-16-30;2*1-2(3)4;;/h3-24,47-48H,(H,41,49)(H,42,50);2*1H3,(H,3,4);;/q;;;2*+1/p-2. The molecule has 0 aliphatic heterocycles. The van der Waals surface area contributed by atoms with Crippen LogP contribution in [-0.4, -0.2) is 34.0 Å². The summed E-state index contributed by atoms with van der Waals surface area (Å²) >= 11 is -3.99. The van der Waals surface area contributed by atoms with Gasteiger partial charge in [-0.25, -0.2) is 0 Å². The quantitative estimate of drug-likeness (QED) is 0.0686. The summed E-state index contributed by atoms with van der Waals surface area (Å²) in [6.45, 7) is 2.78. The van der Waals surface area contributed by atoms with Crippen molar-refractivity contribution in [3.8, 4) is 11.5 Å². The number of fused-ring (bicyclic) bond motifs is 2. The van der Waals surface area contributed by atoms with Crippen molar-refractivity contribution < 1.29 is 84.7 Å². The van der Waals surface area contributed by atoms with Gasteiger partial charge in [0.25, 0.3) is 0 Å². The van der Waals surface area contributed by atoms with Gasteiger partial charge in [-0.3, -0.25) is 0 Å². The van der Waals surface area contributed by atoms with Crippen LogP contribution in [0.3, 0.4) is 0 Å². The molecule has 0 heterocycles. The molecule has 2 amide bonds. The monoisotopic (exact) mass is 1180 g/mol. The average Bonchev–Trinajstić information content (AvgIpc) is 3.25. The first-order chi connectivity index (χ1) is 29.0. The van der Waals surface area contributed by atoms with Crippen molar-refractivity contribution >= 4 is 85.6 Å². The Balaban J connectivity index is 1.06. The molecule has 0 fully saturated rings. The Bertz CT molecular complexity index is 2640. The van der Waals surface area contributed by atoms with Crippen molar-refractivity contribution in [2.45, 2.75) is 13.8 Å². The van der Waals surface area contributed by atoms with E-state index in [0.29, 0.717) is 44.3 Å². The van der Waals surface area contributed by atoms with E-state index in [0.717, 1.165) is 6.14 Å². The molecule has 0 unspecified atom stereocenters. The number of aromatic hydroxyl groups is 2. The Kier molecular flexibility index (Phi) is 13.3. The number of carbonyl (C=O) groups is 4. The fraction of sp³-hybridized carbons (Fsp3) is 0.0455. The fourth-order valence-corrected chi connectivity index (χ4v) is 12.3. The van der Waals surface area contributed by atoms with E-state index in [4.69, 9.17) is 5.29 Å². The molecule has 7 aromatic rings.